The normalized spacial score (nSPS) is 21.0. The zero-order valence-electron chi connectivity index (χ0n) is 25.8. The largest absolute Gasteiger partial charge is 0.369 e. The molecule has 1 aromatic rings. The van der Waals surface area contributed by atoms with E-state index >= 15 is 0 Å². The molecule has 2 fully saturated rings. The summed E-state index contributed by atoms with van der Waals surface area (Å²) in [4.78, 5) is 10.7. The Labute approximate surface area is 234 Å². The molecule has 3 nitrogen and oxygen atoms in total. The predicted octanol–water partition coefficient (Wildman–Crippen LogP) is 8.90. The SMILES string of the molecule is C\C=C(/C=C(C)\C(=N\C(=C/C(C)=C1CCC1)c1ccc(C)c(C)c1)C(C)CC)N1CCN(CCC)C(C)C1. The third kappa shape index (κ3) is 7.59. The van der Waals surface area contributed by atoms with Crippen molar-refractivity contribution < 1.29 is 0 Å². The quantitative estimate of drug-likeness (QED) is 0.229. The molecule has 2 aliphatic rings. The summed E-state index contributed by atoms with van der Waals surface area (Å²) in [6, 6.07) is 7.38. The molecule has 1 aliphatic heterocycles. The third-order valence-corrected chi connectivity index (χ3v) is 8.70. The maximum Gasteiger partial charge on any atom is 0.0708 e. The highest BCUT2D eigenvalue weighted by atomic mass is 15.3. The van der Waals surface area contributed by atoms with Crippen molar-refractivity contribution >= 4 is 11.4 Å². The van der Waals surface area contributed by atoms with Gasteiger partial charge in [-0.2, -0.15) is 0 Å². The summed E-state index contributed by atoms with van der Waals surface area (Å²) < 4.78 is 0. The second-order valence-corrected chi connectivity index (χ2v) is 11.6. The second kappa shape index (κ2) is 14.1. The number of benzene rings is 1. The lowest BCUT2D eigenvalue weighted by molar-refractivity contribution is 0.107. The van der Waals surface area contributed by atoms with E-state index < -0.39 is 0 Å². The topological polar surface area (TPSA) is 18.8 Å². The molecule has 0 bridgehead atoms. The average Bonchev–Trinajstić information content (AvgIpc) is 2.86. The number of aliphatic imine (C=N–C) groups is 1. The first-order chi connectivity index (χ1) is 18.2. The van der Waals surface area contributed by atoms with Crippen LogP contribution in [0.5, 0.6) is 0 Å². The summed E-state index contributed by atoms with van der Waals surface area (Å²) in [5.74, 6) is 0.385. The molecule has 1 saturated carbocycles. The smallest absolute Gasteiger partial charge is 0.0708 e. The van der Waals surface area contributed by atoms with Gasteiger partial charge < -0.3 is 4.90 Å². The molecule has 1 aliphatic carbocycles. The van der Waals surface area contributed by atoms with E-state index in [0.29, 0.717) is 12.0 Å². The molecule has 1 aromatic carbocycles. The highest BCUT2D eigenvalue weighted by Crippen LogP contribution is 2.32. The molecule has 2 atom stereocenters. The van der Waals surface area contributed by atoms with Crippen LogP contribution in [-0.2, 0) is 0 Å². The van der Waals surface area contributed by atoms with Gasteiger partial charge in [-0.25, -0.2) is 0 Å². The Hall–Kier alpha value is -2.39. The van der Waals surface area contributed by atoms with E-state index in [1.807, 2.05) is 0 Å². The Morgan fingerprint density at radius 2 is 1.82 bits per heavy atom. The van der Waals surface area contributed by atoms with Crippen molar-refractivity contribution in [1.82, 2.24) is 9.80 Å². The summed E-state index contributed by atoms with van der Waals surface area (Å²) in [5.41, 5.74) is 11.8. The Morgan fingerprint density at radius 3 is 2.37 bits per heavy atom. The van der Waals surface area contributed by atoms with Crippen molar-refractivity contribution in [2.45, 2.75) is 100 Å². The van der Waals surface area contributed by atoms with Crippen LogP contribution in [0.1, 0.15) is 97.3 Å². The lowest BCUT2D eigenvalue weighted by atomic mass is 9.88. The molecule has 3 heteroatoms. The van der Waals surface area contributed by atoms with Crippen molar-refractivity contribution in [2.24, 2.45) is 10.9 Å². The van der Waals surface area contributed by atoms with Crippen LogP contribution in [0.2, 0.25) is 0 Å². The number of hydrogen-bond donors (Lipinski definition) is 0. The van der Waals surface area contributed by atoms with Gasteiger partial charge in [0.25, 0.3) is 0 Å². The van der Waals surface area contributed by atoms with Crippen LogP contribution in [0.3, 0.4) is 0 Å². The highest BCUT2D eigenvalue weighted by molar-refractivity contribution is 6.04. The molecule has 0 aromatic heterocycles. The Bertz CT molecular complexity index is 1110. The molecule has 3 rings (SSSR count). The maximum absolute atomic E-state index is 5.47. The van der Waals surface area contributed by atoms with E-state index in [-0.39, 0.29) is 0 Å². The monoisotopic (exact) mass is 515 g/mol. The summed E-state index contributed by atoms with van der Waals surface area (Å²) in [7, 11) is 0. The van der Waals surface area contributed by atoms with Gasteiger partial charge in [0.2, 0.25) is 0 Å². The van der Waals surface area contributed by atoms with Gasteiger partial charge in [0.15, 0.2) is 0 Å². The summed E-state index contributed by atoms with van der Waals surface area (Å²) in [5, 5.41) is 0. The number of aryl methyl sites for hydroxylation is 2. The highest BCUT2D eigenvalue weighted by Gasteiger charge is 2.24. The molecule has 0 N–H and O–H groups in total. The molecule has 0 radical (unpaired) electrons. The fourth-order valence-electron chi connectivity index (χ4n) is 5.55. The van der Waals surface area contributed by atoms with Gasteiger partial charge in [0.05, 0.1) is 5.70 Å². The molecule has 1 saturated heterocycles. The fraction of sp³-hybridized carbons (Fsp3) is 0.571. The van der Waals surface area contributed by atoms with Crippen molar-refractivity contribution in [3.63, 3.8) is 0 Å². The van der Waals surface area contributed by atoms with Crippen LogP contribution in [0.25, 0.3) is 5.70 Å². The Balaban J connectivity index is 2.01. The Morgan fingerprint density at radius 1 is 1.08 bits per heavy atom. The molecule has 208 valence electrons. The number of hydrogen-bond acceptors (Lipinski definition) is 3. The van der Waals surface area contributed by atoms with Crippen LogP contribution in [0, 0.1) is 19.8 Å². The van der Waals surface area contributed by atoms with Crippen molar-refractivity contribution in [2.75, 3.05) is 26.2 Å². The number of rotatable bonds is 10. The lowest BCUT2D eigenvalue weighted by Crippen LogP contribution is -2.51. The molecule has 0 spiro atoms. The first kappa shape index (κ1) is 30.2. The fourth-order valence-corrected chi connectivity index (χ4v) is 5.55. The van der Waals surface area contributed by atoms with Crippen molar-refractivity contribution in [3.05, 3.63) is 75.5 Å². The molecule has 1 heterocycles. The third-order valence-electron chi connectivity index (χ3n) is 8.70. The standard InChI is InChI=1S/C35H53N3/c1-10-18-37-19-20-38(24-30(37)9)33(12-3)22-29(8)35(25(4)11-2)36-34(23-28(7)31-14-13-15-31)32-17-16-26(5)27(6)21-32/h12,16-17,21-23,25,30H,10-11,13-15,18-20,24H2,1-9H3/b29-22-,33-12+,34-23-,36-35+. The van der Waals surface area contributed by atoms with E-state index in [1.165, 1.54) is 71.5 Å². The van der Waals surface area contributed by atoms with Gasteiger partial charge in [-0.15, -0.1) is 0 Å². The summed E-state index contributed by atoms with van der Waals surface area (Å²) >= 11 is 0. The minimum atomic E-state index is 0.385. The van der Waals surface area contributed by atoms with Crippen LogP contribution in [-0.4, -0.2) is 47.7 Å². The Kier molecular flexibility index (Phi) is 11.2. The zero-order valence-corrected chi connectivity index (χ0v) is 25.8. The molecule has 0 amide bonds. The van der Waals surface area contributed by atoms with Gasteiger partial charge >= 0.3 is 0 Å². The number of piperazine rings is 1. The summed E-state index contributed by atoms with van der Waals surface area (Å²) in [6.07, 6.45) is 13.1. The minimum absolute atomic E-state index is 0.385. The van der Waals surface area contributed by atoms with Crippen LogP contribution >= 0.6 is 0 Å². The van der Waals surface area contributed by atoms with E-state index in [9.17, 15) is 0 Å². The van der Waals surface area contributed by atoms with E-state index in [0.717, 1.165) is 31.8 Å². The maximum atomic E-state index is 5.47. The van der Waals surface area contributed by atoms with Crippen molar-refractivity contribution in [1.29, 1.82) is 0 Å². The average molecular weight is 516 g/mol. The molecule has 38 heavy (non-hydrogen) atoms. The van der Waals surface area contributed by atoms with Gasteiger partial charge in [0.1, 0.15) is 0 Å². The first-order valence-corrected chi connectivity index (χ1v) is 15.1. The van der Waals surface area contributed by atoms with Gasteiger partial charge in [-0.1, -0.05) is 44.6 Å². The zero-order chi connectivity index (χ0) is 27.8. The van der Waals surface area contributed by atoms with E-state index in [2.05, 4.69) is 109 Å². The van der Waals surface area contributed by atoms with Crippen LogP contribution < -0.4 is 0 Å². The van der Waals surface area contributed by atoms with E-state index in [4.69, 9.17) is 4.99 Å². The molecular weight excluding hydrogens is 462 g/mol. The number of nitrogens with zero attached hydrogens (tertiary/aromatic N) is 3. The second-order valence-electron chi connectivity index (χ2n) is 11.6. The molecule has 2 unspecified atom stereocenters. The number of allylic oxidation sites excluding steroid dienone is 6. The molecular formula is C35H53N3. The van der Waals surface area contributed by atoms with Gasteiger partial charge in [-0.05, 0) is 127 Å². The van der Waals surface area contributed by atoms with E-state index in [1.54, 1.807) is 5.57 Å². The van der Waals surface area contributed by atoms with Crippen LogP contribution in [0.4, 0.5) is 0 Å². The summed E-state index contributed by atoms with van der Waals surface area (Å²) in [6.45, 7) is 24.9. The minimum Gasteiger partial charge on any atom is -0.369 e. The van der Waals surface area contributed by atoms with Gasteiger partial charge in [0, 0.05) is 42.6 Å². The lowest BCUT2D eigenvalue weighted by Gasteiger charge is -2.41. The van der Waals surface area contributed by atoms with Crippen molar-refractivity contribution in [3.8, 4) is 0 Å². The first-order valence-electron chi connectivity index (χ1n) is 15.1. The predicted molar refractivity (Wildman–Crippen MR) is 168 cm³/mol. The van der Waals surface area contributed by atoms with Gasteiger partial charge in [-0.3, -0.25) is 9.89 Å². The van der Waals surface area contributed by atoms with Crippen LogP contribution in [0.15, 0.2) is 63.8 Å².